The van der Waals surface area contributed by atoms with Gasteiger partial charge in [0.2, 0.25) is 0 Å². The van der Waals surface area contributed by atoms with Gasteiger partial charge in [0.15, 0.2) is 0 Å². The molecule has 7 heteroatoms. The second-order valence-corrected chi connectivity index (χ2v) is 14.6. The number of aliphatic hydroxyl groups is 1. The molecule has 0 amide bonds. The maximum atomic E-state index is 12.4. The van der Waals surface area contributed by atoms with E-state index in [9.17, 15) is 24.6 Å². The number of carboxylic acids is 1. The molecule has 5 aliphatic carbocycles. The molecule has 2 N–H and O–H groups in total. The first kappa shape index (κ1) is 27.0. The average Bonchev–Trinajstić information content (AvgIpc) is 3.34. The lowest BCUT2D eigenvalue weighted by atomic mass is 9.33. The number of rotatable bonds is 4. The van der Waals surface area contributed by atoms with Gasteiger partial charge in [0.25, 0.3) is 0 Å². The van der Waals surface area contributed by atoms with Crippen LogP contribution in [0.1, 0.15) is 99.8 Å². The highest BCUT2D eigenvalue weighted by atomic mass is 16.5. The van der Waals surface area contributed by atoms with Crippen LogP contribution in [0.2, 0.25) is 0 Å². The number of carboxylic acid groups (broad SMARTS) is 1. The molecule has 7 nitrogen and oxygen atoms in total. The van der Waals surface area contributed by atoms with Crippen LogP contribution in [0.4, 0.5) is 0 Å². The largest absolute Gasteiger partial charge is 0.481 e. The Bertz CT molecular complexity index is 1020. The number of carbonyl (C=O) groups is 3. The second-order valence-electron chi connectivity index (χ2n) is 14.6. The zero-order chi connectivity index (χ0) is 27.4. The summed E-state index contributed by atoms with van der Waals surface area (Å²) < 4.78 is 11.2. The van der Waals surface area contributed by atoms with E-state index in [0.29, 0.717) is 18.3 Å². The molecule has 0 bridgehead atoms. The number of hydrogen-bond donors (Lipinski definition) is 2. The Kier molecular flexibility index (Phi) is 5.79. The van der Waals surface area contributed by atoms with Gasteiger partial charge in [-0.3, -0.25) is 14.4 Å². The van der Waals surface area contributed by atoms with E-state index in [2.05, 4.69) is 34.6 Å². The maximum Gasteiger partial charge on any atom is 0.310 e. The first-order chi connectivity index (χ1) is 17.0. The third-order valence-corrected chi connectivity index (χ3v) is 13.2. The number of esters is 2. The van der Waals surface area contributed by atoms with Crippen LogP contribution >= 0.6 is 0 Å². The summed E-state index contributed by atoms with van der Waals surface area (Å²) in [6, 6.07) is 0. The summed E-state index contributed by atoms with van der Waals surface area (Å²) in [6.07, 6.45) is 7.00. The van der Waals surface area contributed by atoms with Crippen molar-refractivity contribution >= 4 is 17.9 Å². The van der Waals surface area contributed by atoms with Gasteiger partial charge in [-0.25, -0.2) is 0 Å². The fourth-order valence-corrected chi connectivity index (χ4v) is 11.4. The van der Waals surface area contributed by atoms with Crippen molar-refractivity contribution in [1.29, 1.82) is 0 Å². The summed E-state index contributed by atoms with van der Waals surface area (Å²) in [6.45, 7) is 14.5. The van der Waals surface area contributed by atoms with Gasteiger partial charge < -0.3 is 19.7 Å². The van der Waals surface area contributed by atoms with Crippen LogP contribution in [-0.4, -0.2) is 46.4 Å². The summed E-state index contributed by atoms with van der Waals surface area (Å²) in [5, 5.41) is 22.3. The minimum Gasteiger partial charge on any atom is -0.481 e. The molecule has 0 radical (unpaired) electrons. The summed E-state index contributed by atoms with van der Waals surface area (Å²) in [7, 11) is 0. The molecule has 0 spiro atoms. The molecule has 0 aromatic heterocycles. The molecule has 208 valence electrons. The van der Waals surface area contributed by atoms with Crippen molar-refractivity contribution in [3.05, 3.63) is 0 Å². The van der Waals surface area contributed by atoms with E-state index in [1.165, 1.54) is 13.8 Å². The van der Waals surface area contributed by atoms with Gasteiger partial charge >= 0.3 is 17.9 Å². The quantitative estimate of drug-likeness (QED) is 0.505. The van der Waals surface area contributed by atoms with Gasteiger partial charge in [0.05, 0.1) is 16.9 Å². The van der Waals surface area contributed by atoms with Gasteiger partial charge in [-0.2, -0.15) is 0 Å². The van der Waals surface area contributed by atoms with E-state index in [1.807, 2.05) is 0 Å². The number of ether oxygens (including phenoxy) is 2. The van der Waals surface area contributed by atoms with Crippen LogP contribution in [0.3, 0.4) is 0 Å². The van der Waals surface area contributed by atoms with E-state index < -0.39 is 28.9 Å². The van der Waals surface area contributed by atoms with Gasteiger partial charge in [-0.05, 0) is 85.4 Å². The van der Waals surface area contributed by atoms with Crippen molar-refractivity contribution in [3.8, 4) is 0 Å². The molecule has 10 atom stereocenters. The molecule has 5 saturated carbocycles. The third-order valence-electron chi connectivity index (χ3n) is 13.2. The Morgan fingerprint density at radius 2 is 1.41 bits per heavy atom. The third kappa shape index (κ3) is 3.18. The summed E-state index contributed by atoms with van der Waals surface area (Å²) >= 11 is 0. The molecule has 0 saturated heterocycles. The molecule has 0 aromatic carbocycles. The highest BCUT2D eigenvalue weighted by Gasteiger charge is 2.87. The molecule has 5 rings (SSSR count). The van der Waals surface area contributed by atoms with Crippen molar-refractivity contribution in [2.75, 3.05) is 6.61 Å². The van der Waals surface area contributed by atoms with Crippen molar-refractivity contribution in [2.24, 2.45) is 50.7 Å². The predicted octanol–water partition coefficient (Wildman–Crippen LogP) is 4.98. The normalized spacial score (nSPS) is 51.4. The monoisotopic (exact) mass is 518 g/mol. The lowest BCUT2D eigenvalue weighted by Gasteiger charge is -2.71. The Balaban J connectivity index is 1.49. The van der Waals surface area contributed by atoms with E-state index in [4.69, 9.17) is 9.47 Å². The summed E-state index contributed by atoms with van der Waals surface area (Å²) in [5.41, 5.74) is -2.51. The van der Waals surface area contributed by atoms with Gasteiger partial charge in [0.1, 0.15) is 12.7 Å². The molecule has 0 heterocycles. The first-order valence-electron chi connectivity index (χ1n) is 14.3. The van der Waals surface area contributed by atoms with Crippen LogP contribution in [0.15, 0.2) is 0 Å². The molecule has 2 unspecified atom stereocenters. The first-order valence-corrected chi connectivity index (χ1v) is 14.3. The molecular formula is C30H46O7. The van der Waals surface area contributed by atoms with Crippen molar-refractivity contribution in [2.45, 2.75) is 112 Å². The Labute approximate surface area is 221 Å². The Morgan fingerprint density at radius 3 is 2.00 bits per heavy atom. The van der Waals surface area contributed by atoms with E-state index in [-0.39, 0.29) is 46.3 Å². The van der Waals surface area contributed by atoms with E-state index in [0.717, 1.165) is 44.9 Å². The van der Waals surface area contributed by atoms with Crippen molar-refractivity contribution in [3.63, 3.8) is 0 Å². The lowest BCUT2D eigenvalue weighted by molar-refractivity contribution is -0.252. The van der Waals surface area contributed by atoms with Crippen LogP contribution in [0.25, 0.3) is 0 Å². The van der Waals surface area contributed by atoms with Gasteiger partial charge in [0, 0.05) is 19.3 Å². The summed E-state index contributed by atoms with van der Waals surface area (Å²) in [4.78, 5) is 35.9. The van der Waals surface area contributed by atoms with Crippen LogP contribution in [0.5, 0.6) is 0 Å². The van der Waals surface area contributed by atoms with Crippen molar-refractivity contribution in [1.82, 2.24) is 0 Å². The van der Waals surface area contributed by atoms with Crippen molar-refractivity contribution < 1.29 is 34.1 Å². The molecule has 5 fully saturated rings. The Morgan fingerprint density at radius 1 is 0.784 bits per heavy atom. The standard InChI is InChI=1S/C30H46O7/c1-17(31)36-16-29-15-14-28(7)21(30(29,35)23(29)24(33)34)9-8-20-26(5)12-11-22(37-18(2)32)25(3,4)19(26)10-13-27(20,28)6/h19-23,35H,8-16H2,1-7H3,(H,33,34)/t19-,20+,21-,22-,23?,26-,27+,28+,29+,30?/m0/s1. The fourth-order valence-electron chi connectivity index (χ4n) is 11.4. The minimum absolute atomic E-state index is 0.0198. The SMILES string of the molecule is CC(=O)OC[C@@]12CC[C@]3(C)[C@H](CC[C@@H]4[C@@]5(C)CC[C@H](OC(C)=O)C(C)(C)[C@@H]5CC[C@]43C)C1(O)C2C(=O)O. The highest BCUT2D eigenvalue weighted by molar-refractivity contribution is 5.79. The predicted molar refractivity (Wildman–Crippen MR) is 136 cm³/mol. The molecule has 0 aliphatic heterocycles. The van der Waals surface area contributed by atoms with Gasteiger partial charge in [-0.1, -0.05) is 34.6 Å². The molecule has 5 aliphatic rings. The molecule has 0 aromatic rings. The zero-order valence-electron chi connectivity index (χ0n) is 23.7. The maximum absolute atomic E-state index is 12.4. The topological polar surface area (TPSA) is 110 Å². The lowest BCUT2D eigenvalue weighted by Crippen LogP contribution is -2.67. The van der Waals surface area contributed by atoms with Crippen LogP contribution < -0.4 is 0 Å². The average molecular weight is 519 g/mol. The number of hydrogen-bond acceptors (Lipinski definition) is 6. The minimum atomic E-state index is -1.35. The molecule has 37 heavy (non-hydrogen) atoms. The summed E-state index contributed by atoms with van der Waals surface area (Å²) in [5.74, 6) is -1.78. The highest BCUT2D eigenvalue weighted by Crippen LogP contribution is 2.82. The smallest absolute Gasteiger partial charge is 0.310 e. The zero-order valence-corrected chi connectivity index (χ0v) is 23.7. The van der Waals surface area contributed by atoms with E-state index in [1.54, 1.807) is 0 Å². The Hall–Kier alpha value is -1.63. The van der Waals surface area contributed by atoms with Gasteiger partial charge in [-0.15, -0.1) is 0 Å². The fraction of sp³-hybridized carbons (Fsp3) is 0.900. The van der Waals surface area contributed by atoms with Crippen LogP contribution in [0, 0.1) is 50.7 Å². The molecular weight excluding hydrogens is 472 g/mol. The van der Waals surface area contributed by atoms with Crippen LogP contribution in [-0.2, 0) is 23.9 Å². The number of fused-ring (bicyclic) bond motifs is 7. The second kappa shape index (κ2) is 7.95. The number of carbonyl (C=O) groups excluding carboxylic acids is 2. The van der Waals surface area contributed by atoms with E-state index >= 15 is 0 Å². The number of aliphatic carboxylic acids is 1.